The van der Waals surface area contributed by atoms with Gasteiger partial charge >= 0.3 is 0 Å². The summed E-state index contributed by atoms with van der Waals surface area (Å²) in [6.45, 7) is 8.56. The van der Waals surface area contributed by atoms with E-state index >= 15 is 0 Å². The SMILES string of the molecule is CCN(CC)C(CNC1=NCCCCC1)c1ccccc1. The Bertz CT molecular complexity index is 423. The molecule has 2 rings (SSSR count). The molecule has 1 N–H and O–H groups in total. The first-order chi connectivity index (χ1) is 10.3. The fourth-order valence-electron chi connectivity index (χ4n) is 3.03. The van der Waals surface area contributed by atoms with Crippen molar-refractivity contribution in [3.63, 3.8) is 0 Å². The zero-order chi connectivity index (χ0) is 14.9. The first kappa shape index (κ1) is 16.0. The van der Waals surface area contributed by atoms with Crippen LogP contribution in [0.5, 0.6) is 0 Å². The molecule has 3 heteroatoms. The first-order valence-corrected chi connectivity index (χ1v) is 8.41. The lowest BCUT2D eigenvalue weighted by atomic mass is 10.0. The highest BCUT2D eigenvalue weighted by Crippen LogP contribution is 2.19. The Balaban J connectivity index is 2.03. The van der Waals surface area contributed by atoms with Gasteiger partial charge in [0.05, 0.1) is 11.9 Å². The molecule has 0 aliphatic carbocycles. The highest BCUT2D eigenvalue weighted by atomic mass is 15.2. The van der Waals surface area contributed by atoms with Crippen LogP contribution in [-0.4, -0.2) is 36.9 Å². The monoisotopic (exact) mass is 287 g/mol. The standard InChI is InChI=1S/C18H29N3/c1-3-21(4-2)17(16-11-7-5-8-12-16)15-20-18-13-9-6-10-14-19-18/h5,7-8,11-12,17H,3-4,6,9-10,13-15H2,1-2H3,(H,19,20). The normalized spacial score (nSPS) is 17.2. The Kier molecular flexibility index (Phi) is 6.74. The Hall–Kier alpha value is -1.35. The molecule has 0 radical (unpaired) electrons. The zero-order valence-electron chi connectivity index (χ0n) is 13.5. The summed E-state index contributed by atoms with van der Waals surface area (Å²) in [5, 5.41) is 3.62. The number of nitrogens with one attached hydrogen (secondary N) is 1. The van der Waals surface area contributed by atoms with Crippen molar-refractivity contribution in [2.75, 3.05) is 26.2 Å². The van der Waals surface area contributed by atoms with Gasteiger partial charge in [-0.15, -0.1) is 0 Å². The molecule has 116 valence electrons. The van der Waals surface area contributed by atoms with E-state index in [4.69, 9.17) is 0 Å². The van der Waals surface area contributed by atoms with Crippen LogP contribution in [0.15, 0.2) is 35.3 Å². The number of hydrogen-bond donors (Lipinski definition) is 1. The maximum atomic E-state index is 4.69. The van der Waals surface area contributed by atoms with Crippen LogP contribution >= 0.6 is 0 Å². The first-order valence-electron chi connectivity index (χ1n) is 8.41. The summed E-state index contributed by atoms with van der Waals surface area (Å²) in [6.07, 6.45) is 4.93. The molecule has 1 atom stereocenters. The Morgan fingerprint density at radius 3 is 2.57 bits per heavy atom. The minimum atomic E-state index is 0.423. The van der Waals surface area contributed by atoms with E-state index in [0.29, 0.717) is 6.04 Å². The predicted molar refractivity (Wildman–Crippen MR) is 90.9 cm³/mol. The van der Waals surface area contributed by atoms with Gasteiger partial charge in [-0.05, 0) is 31.5 Å². The highest BCUT2D eigenvalue weighted by molar-refractivity contribution is 5.82. The van der Waals surface area contributed by atoms with Crippen LogP contribution in [0.3, 0.4) is 0 Å². The molecule has 0 saturated carbocycles. The van der Waals surface area contributed by atoms with E-state index in [1.54, 1.807) is 0 Å². The summed E-state index contributed by atoms with van der Waals surface area (Å²) in [4.78, 5) is 7.20. The van der Waals surface area contributed by atoms with E-state index in [-0.39, 0.29) is 0 Å². The second-order valence-corrected chi connectivity index (χ2v) is 5.67. The molecular formula is C18H29N3. The number of aliphatic imine (C=N–C) groups is 1. The van der Waals surface area contributed by atoms with E-state index in [9.17, 15) is 0 Å². The largest absolute Gasteiger partial charge is 0.372 e. The maximum Gasteiger partial charge on any atom is 0.0963 e. The van der Waals surface area contributed by atoms with E-state index in [1.165, 1.54) is 30.7 Å². The third-order valence-electron chi connectivity index (χ3n) is 4.31. The summed E-state index contributed by atoms with van der Waals surface area (Å²) in [7, 11) is 0. The third kappa shape index (κ3) is 4.85. The van der Waals surface area contributed by atoms with Crippen molar-refractivity contribution in [1.29, 1.82) is 0 Å². The quantitative estimate of drug-likeness (QED) is 0.865. The molecule has 1 heterocycles. The molecule has 1 unspecified atom stereocenters. The van der Waals surface area contributed by atoms with Crippen LogP contribution in [-0.2, 0) is 0 Å². The molecule has 0 spiro atoms. The van der Waals surface area contributed by atoms with Crippen molar-refractivity contribution in [3.8, 4) is 0 Å². The van der Waals surface area contributed by atoms with Gasteiger partial charge in [-0.25, -0.2) is 0 Å². The lowest BCUT2D eigenvalue weighted by molar-refractivity contribution is 0.219. The van der Waals surface area contributed by atoms with Crippen molar-refractivity contribution in [2.24, 2.45) is 4.99 Å². The average molecular weight is 287 g/mol. The average Bonchev–Trinajstić information content (AvgIpc) is 2.81. The van der Waals surface area contributed by atoms with Gasteiger partial charge in [0.1, 0.15) is 0 Å². The summed E-state index contributed by atoms with van der Waals surface area (Å²) < 4.78 is 0. The minimum Gasteiger partial charge on any atom is -0.372 e. The topological polar surface area (TPSA) is 27.6 Å². The molecule has 1 aromatic rings. The number of likely N-dealkylation sites (N-methyl/N-ethyl adjacent to an activating group) is 1. The van der Waals surface area contributed by atoms with E-state index in [2.05, 4.69) is 59.4 Å². The number of hydrogen-bond acceptors (Lipinski definition) is 3. The number of rotatable bonds is 6. The van der Waals surface area contributed by atoms with Crippen LogP contribution in [0.2, 0.25) is 0 Å². The fourth-order valence-corrected chi connectivity index (χ4v) is 3.03. The van der Waals surface area contributed by atoms with E-state index in [0.717, 1.165) is 32.6 Å². The Labute approximate surface area is 129 Å². The Morgan fingerprint density at radius 2 is 1.86 bits per heavy atom. The zero-order valence-corrected chi connectivity index (χ0v) is 13.5. The summed E-state index contributed by atoms with van der Waals surface area (Å²) >= 11 is 0. The summed E-state index contributed by atoms with van der Waals surface area (Å²) in [5.74, 6) is 1.21. The highest BCUT2D eigenvalue weighted by Gasteiger charge is 2.18. The van der Waals surface area contributed by atoms with E-state index in [1.807, 2.05) is 0 Å². The lowest BCUT2D eigenvalue weighted by Gasteiger charge is -2.30. The molecule has 0 fully saturated rings. The Morgan fingerprint density at radius 1 is 1.10 bits per heavy atom. The van der Waals surface area contributed by atoms with Crippen molar-refractivity contribution < 1.29 is 0 Å². The second-order valence-electron chi connectivity index (χ2n) is 5.67. The molecule has 0 saturated heterocycles. The molecule has 3 nitrogen and oxygen atoms in total. The predicted octanol–water partition coefficient (Wildman–Crippen LogP) is 3.63. The van der Waals surface area contributed by atoms with Crippen LogP contribution in [0.25, 0.3) is 0 Å². The lowest BCUT2D eigenvalue weighted by Crippen LogP contribution is -2.38. The van der Waals surface area contributed by atoms with Gasteiger partial charge < -0.3 is 5.32 Å². The summed E-state index contributed by atoms with van der Waals surface area (Å²) in [5.41, 5.74) is 1.39. The van der Waals surface area contributed by atoms with Gasteiger partial charge in [-0.2, -0.15) is 0 Å². The fraction of sp³-hybridized carbons (Fsp3) is 0.611. The minimum absolute atomic E-state index is 0.423. The van der Waals surface area contributed by atoms with Gasteiger partial charge in [0.15, 0.2) is 0 Å². The molecule has 1 aliphatic rings. The van der Waals surface area contributed by atoms with Crippen LogP contribution < -0.4 is 5.32 Å². The number of benzene rings is 1. The molecular weight excluding hydrogens is 258 g/mol. The van der Waals surface area contributed by atoms with Gasteiger partial charge in [0.25, 0.3) is 0 Å². The van der Waals surface area contributed by atoms with E-state index < -0.39 is 0 Å². The van der Waals surface area contributed by atoms with Crippen LogP contribution in [0.1, 0.15) is 51.1 Å². The summed E-state index contributed by atoms with van der Waals surface area (Å²) in [6, 6.07) is 11.3. The molecule has 0 amide bonds. The van der Waals surface area contributed by atoms with Crippen molar-refractivity contribution in [3.05, 3.63) is 35.9 Å². The molecule has 0 aromatic heterocycles. The van der Waals surface area contributed by atoms with Crippen molar-refractivity contribution in [2.45, 2.75) is 45.6 Å². The van der Waals surface area contributed by atoms with Gasteiger partial charge in [0, 0.05) is 19.5 Å². The molecule has 1 aliphatic heterocycles. The van der Waals surface area contributed by atoms with Gasteiger partial charge in [0.2, 0.25) is 0 Å². The van der Waals surface area contributed by atoms with Crippen LogP contribution in [0, 0.1) is 0 Å². The molecule has 0 bridgehead atoms. The number of nitrogens with zero attached hydrogens (tertiary/aromatic N) is 2. The number of amidine groups is 1. The smallest absolute Gasteiger partial charge is 0.0963 e. The van der Waals surface area contributed by atoms with Crippen molar-refractivity contribution in [1.82, 2.24) is 10.2 Å². The van der Waals surface area contributed by atoms with Crippen LogP contribution in [0.4, 0.5) is 0 Å². The maximum absolute atomic E-state index is 4.69. The van der Waals surface area contributed by atoms with Gasteiger partial charge in [-0.1, -0.05) is 50.6 Å². The molecule has 21 heavy (non-hydrogen) atoms. The second kappa shape index (κ2) is 8.83. The third-order valence-corrected chi connectivity index (χ3v) is 4.31. The van der Waals surface area contributed by atoms with Gasteiger partial charge in [-0.3, -0.25) is 9.89 Å². The molecule has 1 aromatic carbocycles. The van der Waals surface area contributed by atoms with Crippen molar-refractivity contribution >= 4 is 5.84 Å².